The molecule has 0 radical (unpaired) electrons. The van der Waals surface area contributed by atoms with E-state index in [0.29, 0.717) is 18.7 Å². The first-order chi connectivity index (χ1) is 17.5. The standard InChI is InChI=1S/C26H34N2O7S/c1-2-33-24(31)15-28-26(32)27-14-18-3-9-21(10-4-18)25-34-22(17-36-12-11-29)13-23(35-25)20-7-5-19(16-30)6-8-20/h3-10,22-23,25,29-30H,2,11-17H2,1H3,(H2,27,28,32)/t22-,23+,25+/m0/s1. The smallest absolute Gasteiger partial charge is 0.325 e. The van der Waals surface area contributed by atoms with Crippen LogP contribution in [0.25, 0.3) is 0 Å². The number of benzene rings is 2. The number of nitrogens with one attached hydrogen (secondary N) is 2. The lowest BCUT2D eigenvalue weighted by molar-refractivity contribution is -0.245. The summed E-state index contributed by atoms with van der Waals surface area (Å²) in [6.45, 7) is 2.20. The Morgan fingerprint density at radius 2 is 1.69 bits per heavy atom. The zero-order valence-corrected chi connectivity index (χ0v) is 21.2. The quantitative estimate of drug-likeness (QED) is 0.250. The Morgan fingerprint density at radius 3 is 2.36 bits per heavy atom. The first-order valence-electron chi connectivity index (χ1n) is 12.0. The zero-order chi connectivity index (χ0) is 25.8. The van der Waals surface area contributed by atoms with Gasteiger partial charge in [0.2, 0.25) is 0 Å². The number of aliphatic hydroxyl groups is 2. The highest BCUT2D eigenvalue weighted by molar-refractivity contribution is 7.99. The minimum atomic E-state index is -0.559. The number of rotatable bonds is 12. The Hall–Kier alpha value is -2.63. The fraction of sp³-hybridized carbons (Fsp3) is 0.462. The van der Waals surface area contributed by atoms with Gasteiger partial charge in [0.25, 0.3) is 0 Å². The molecule has 1 aliphatic rings. The number of amides is 2. The summed E-state index contributed by atoms with van der Waals surface area (Å²) < 4.78 is 17.3. The summed E-state index contributed by atoms with van der Waals surface area (Å²) in [7, 11) is 0. The maximum Gasteiger partial charge on any atom is 0.325 e. The van der Waals surface area contributed by atoms with E-state index in [1.807, 2.05) is 48.5 Å². The van der Waals surface area contributed by atoms with E-state index >= 15 is 0 Å². The Kier molecular flexibility index (Phi) is 11.5. The van der Waals surface area contributed by atoms with Crippen LogP contribution in [0.2, 0.25) is 0 Å². The van der Waals surface area contributed by atoms with Crippen molar-refractivity contribution in [3.8, 4) is 0 Å². The summed E-state index contributed by atoms with van der Waals surface area (Å²) in [5.41, 5.74) is 3.61. The number of carbonyl (C=O) groups is 2. The normalized spacial score (nSPS) is 19.5. The van der Waals surface area contributed by atoms with Crippen LogP contribution in [0.15, 0.2) is 48.5 Å². The minimum Gasteiger partial charge on any atom is -0.465 e. The number of esters is 1. The third-order valence-electron chi connectivity index (χ3n) is 5.56. The molecular weight excluding hydrogens is 484 g/mol. The van der Waals surface area contributed by atoms with Crippen LogP contribution in [-0.2, 0) is 32.2 Å². The molecule has 196 valence electrons. The summed E-state index contributed by atoms with van der Waals surface area (Å²) in [5.74, 6) is 0.908. The predicted molar refractivity (Wildman–Crippen MR) is 136 cm³/mol. The van der Waals surface area contributed by atoms with Crippen molar-refractivity contribution in [3.63, 3.8) is 0 Å². The lowest BCUT2D eigenvalue weighted by atomic mass is 10.0. The third kappa shape index (κ3) is 8.79. The molecule has 1 saturated heterocycles. The van der Waals surface area contributed by atoms with Gasteiger partial charge in [-0.2, -0.15) is 11.8 Å². The van der Waals surface area contributed by atoms with E-state index in [1.165, 1.54) is 0 Å². The van der Waals surface area contributed by atoms with Gasteiger partial charge in [0.1, 0.15) is 6.54 Å². The van der Waals surface area contributed by atoms with E-state index in [9.17, 15) is 14.7 Å². The molecule has 0 aromatic heterocycles. The van der Waals surface area contributed by atoms with Crippen LogP contribution in [0, 0.1) is 0 Å². The number of hydrogen-bond acceptors (Lipinski definition) is 8. The van der Waals surface area contributed by atoms with Crippen LogP contribution >= 0.6 is 11.8 Å². The highest BCUT2D eigenvalue weighted by Gasteiger charge is 2.32. The fourth-order valence-corrected chi connectivity index (χ4v) is 4.48. The van der Waals surface area contributed by atoms with Crippen molar-refractivity contribution in [1.82, 2.24) is 10.6 Å². The van der Waals surface area contributed by atoms with Gasteiger partial charge in [-0.15, -0.1) is 0 Å². The molecule has 2 amide bonds. The Labute approximate surface area is 215 Å². The van der Waals surface area contributed by atoms with Crippen LogP contribution in [0.4, 0.5) is 4.79 Å². The molecule has 9 nitrogen and oxygen atoms in total. The van der Waals surface area contributed by atoms with Crippen LogP contribution < -0.4 is 10.6 Å². The molecule has 3 rings (SSSR count). The molecule has 0 bridgehead atoms. The SMILES string of the molecule is CCOC(=O)CNC(=O)NCc1ccc([C@@H]2O[C@H](CSCCO)C[C@H](c3ccc(CO)cc3)O2)cc1. The van der Waals surface area contributed by atoms with Crippen LogP contribution in [0.5, 0.6) is 0 Å². The highest BCUT2D eigenvalue weighted by atomic mass is 32.2. The topological polar surface area (TPSA) is 126 Å². The molecule has 36 heavy (non-hydrogen) atoms. The maximum atomic E-state index is 11.9. The van der Waals surface area contributed by atoms with Crippen LogP contribution in [-0.4, -0.2) is 59.6 Å². The van der Waals surface area contributed by atoms with Crippen LogP contribution in [0.1, 0.15) is 48.0 Å². The van der Waals surface area contributed by atoms with E-state index < -0.39 is 18.3 Å². The van der Waals surface area contributed by atoms with Gasteiger partial charge in [0.05, 0.1) is 32.0 Å². The van der Waals surface area contributed by atoms with Gasteiger partial charge in [0, 0.05) is 30.0 Å². The van der Waals surface area contributed by atoms with Crippen molar-refractivity contribution in [2.75, 3.05) is 31.3 Å². The Balaban J connectivity index is 1.60. The molecule has 0 aliphatic carbocycles. The maximum absolute atomic E-state index is 11.9. The van der Waals surface area contributed by atoms with Gasteiger partial charge < -0.3 is 35.1 Å². The van der Waals surface area contributed by atoms with Gasteiger partial charge in [-0.1, -0.05) is 48.5 Å². The van der Waals surface area contributed by atoms with Crippen molar-refractivity contribution in [2.45, 2.75) is 45.0 Å². The summed E-state index contributed by atoms with van der Waals surface area (Å²) >= 11 is 1.64. The molecule has 0 spiro atoms. The first kappa shape index (κ1) is 27.9. The monoisotopic (exact) mass is 518 g/mol. The largest absolute Gasteiger partial charge is 0.465 e. The number of hydrogen-bond donors (Lipinski definition) is 4. The second-order valence-corrected chi connectivity index (χ2v) is 9.38. The second kappa shape index (κ2) is 14.8. The summed E-state index contributed by atoms with van der Waals surface area (Å²) in [4.78, 5) is 23.2. The summed E-state index contributed by atoms with van der Waals surface area (Å²) in [6, 6.07) is 14.9. The minimum absolute atomic E-state index is 0.00771. The van der Waals surface area contributed by atoms with Crippen molar-refractivity contribution in [3.05, 3.63) is 70.8 Å². The fourth-order valence-electron chi connectivity index (χ4n) is 3.70. The van der Waals surface area contributed by atoms with Gasteiger partial charge in [0.15, 0.2) is 6.29 Å². The summed E-state index contributed by atoms with van der Waals surface area (Å²) in [6.07, 6.45) is -0.0835. The van der Waals surface area contributed by atoms with Crippen LogP contribution in [0.3, 0.4) is 0 Å². The lowest BCUT2D eigenvalue weighted by Crippen LogP contribution is -2.38. The molecular formula is C26H34N2O7S. The number of ether oxygens (including phenoxy) is 3. The number of urea groups is 1. The molecule has 2 aromatic rings. The molecule has 3 atom stereocenters. The van der Waals surface area contributed by atoms with Crippen molar-refractivity contribution in [2.24, 2.45) is 0 Å². The van der Waals surface area contributed by atoms with E-state index in [0.717, 1.165) is 28.0 Å². The van der Waals surface area contributed by atoms with Crippen molar-refractivity contribution in [1.29, 1.82) is 0 Å². The van der Waals surface area contributed by atoms with E-state index in [-0.39, 0.29) is 38.6 Å². The Morgan fingerprint density at radius 1 is 1.00 bits per heavy atom. The first-order valence-corrected chi connectivity index (χ1v) is 13.1. The number of aliphatic hydroxyl groups excluding tert-OH is 2. The molecule has 10 heteroatoms. The Bertz CT molecular complexity index is 956. The second-order valence-electron chi connectivity index (χ2n) is 8.23. The van der Waals surface area contributed by atoms with Gasteiger partial charge >= 0.3 is 12.0 Å². The molecule has 1 aliphatic heterocycles. The molecule has 2 aromatic carbocycles. The molecule has 1 fully saturated rings. The average molecular weight is 519 g/mol. The van der Waals surface area contributed by atoms with E-state index in [2.05, 4.69) is 10.6 Å². The number of carbonyl (C=O) groups excluding carboxylic acids is 2. The predicted octanol–water partition coefficient (Wildman–Crippen LogP) is 2.81. The van der Waals surface area contributed by atoms with Gasteiger partial charge in [-0.05, 0) is 23.6 Å². The molecule has 1 heterocycles. The van der Waals surface area contributed by atoms with E-state index in [1.54, 1.807) is 18.7 Å². The van der Waals surface area contributed by atoms with Crippen molar-refractivity contribution >= 4 is 23.8 Å². The number of thioether (sulfide) groups is 1. The van der Waals surface area contributed by atoms with Gasteiger partial charge in [-0.3, -0.25) is 4.79 Å². The third-order valence-corrected chi connectivity index (χ3v) is 6.64. The lowest BCUT2D eigenvalue weighted by Gasteiger charge is -2.36. The van der Waals surface area contributed by atoms with Crippen molar-refractivity contribution < 1.29 is 34.0 Å². The summed E-state index contributed by atoms with van der Waals surface area (Å²) in [5, 5.41) is 23.6. The highest BCUT2D eigenvalue weighted by Crippen LogP contribution is 2.38. The average Bonchev–Trinajstić information content (AvgIpc) is 2.91. The molecule has 0 saturated carbocycles. The molecule has 0 unspecified atom stereocenters. The van der Waals surface area contributed by atoms with E-state index in [4.69, 9.17) is 19.3 Å². The molecule has 4 N–H and O–H groups in total. The zero-order valence-electron chi connectivity index (χ0n) is 20.4. The van der Waals surface area contributed by atoms with Gasteiger partial charge in [-0.25, -0.2) is 4.79 Å².